The summed E-state index contributed by atoms with van der Waals surface area (Å²) in [4.78, 5) is 13.3. The maximum absolute atomic E-state index is 11.9. The highest BCUT2D eigenvalue weighted by molar-refractivity contribution is 7.88. The number of carbonyl (C=O) groups excluding carboxylic acids is 1. The van der Waals surface area contributed by atoms with Crippen LogP contribution in [0, 0.1) is 0 Å². The number of benzene rings is 1. The lowest BCUT2D eigenvalue weighted by molar-refractivity contribution is -0.137. The lowest BCUT2D eigenvalue weighted by Gasteiger charge is -2.60. The number of nitrogens with zero attached hydrogens (tertiary/aromatic N) is 2. The Kier molecular flexibility index (Phi) is 3.10. The van der Waals surface area contributed by atoms with Gasteiger partial charge in [0.1, 0.15) is 0 Å². The normalized spacial score (nSPS) is 29.9. The molecule has 3 saturated heterocycles. The van der Waals surface area contributed by atoms with Crippen molar-refractivity contribution in [3.63, 3.8) is 0 Å². The molecule has 2 bridgehead atoms. The topological polar surface area (TPSA) is 57.7 Å². The number of hydrogen-bond acceptors (Lipinski definition) is 3. The Morgan fingerprint density at radius 3 is 2.15 bits per heavy atom. The van der Waals surface area contributed by atoms with Crippen LogP contribution >= 0.6 is 0 Å². The lowest BCUT2D eigenvalue weighted by Crippen LogP contribution is -2.74. The fourth-order valence-corrected chi connectivity index (χ4v) is 4.88. The predicted octanol–water partition coefficient (Wildman–Crippen LogP) is 0.645. The van der Waals surface area contributed by atoms with Gasteiger partial charge in [-0.2, -0.15) is 4.31 Å². The minimum atomic E-state index is -3.22. The molecule has 0 radical (unpaired) electrons. The second-order valence-corrected chi connectivity index (χ2v) is 7.48. The molecule has 3 atom stereocenters. The third kappa shape index (κ3) is 2.03. The zero-order valence-electron chi connectivity index (χ0n) is 11.6. The Hall–Kier alpha value is -1.40. The molecule has 6 heteroatoms. The first-order chi connectivity index (χ1) is 9.39. The van der Waals surface area contributed by atoms with Crippen molar-refractivity contribution in [2.45, 2.75) is 24.9 Å². The molecule has 3 aliphatic rings. The summed E-state index contributed by atoms with van der Waals surface area (Å²) in [6.07, 6.45) is 1.25. The second kappa shape index (κ2) is 4.56. The molecule has 3 aliphatic heterocycles. The average molecular weight is 294 g/mol. The summed E-state index contributed by atoms with van der Waals surface area (Å²) in [6.45, 7) is 2.50. The highest BCUT2D eigenvalue weighted by Crippen LogP contribution is 2.46. The van der Waals surface area contributed by atoms with Gasteiger partial charge >= 0.3 is 0 Å². The van der Waals surface area contributed by atoms with E-state index in [0.717, 1.165) is 5.56 Å². The van der Waals surface area contributed by atoms with Gasteiger partial charge in [-0.15, -0.1) is 0 Å². The van der Waals surface area contributed by atoms with Crippen molar-refractivity contribution in [2.75, 3.05) is 19.3 Å². The van der Waals surface area contributed by atoms with Crippen molar-refractivity contribution in [1.29, 1.82) is 0 Å². The second-order valence-electron chi connectivity index (χ2n) is 5.59. The van der Waals surface area contributed by atoms with Gasteiger partial charge in [-0.3, -0.25) is 4.79 Å². The van der Waals surface area contributed by atoms with Crippen molar-refractivity contribution in [2.24, 2.45) is 0 Å². The van der Waals surface area contributed by atoms with E-state index in [2.05, 4.69) is 0 Å². The number of carbonyl (C=O) groups is 1. The fourth-order valence-electron chi connectivity index (χ4n) is 3.50. The molecule has 0 aliphatic carbocycles. The molecule has 0 saturated carbocycles. The average Bonchev–Trinajstić information content (AvgIpc) is 2.38. The van der Waals surface area contributed by atoms with Crippen molar-refractivity contribution in [1.82, 2.24) is 9.21 Å². The third-order valence-corrected chi connectivity index (χ3v) is 5.62. The summed E-state index contributed by atoms with van der Waals surface area (Å²) in [7, 11) is -3.22. The van der Waals surface area contributed by atoms with E-state index in [0.29, 0.717) is 13.1 Å². The molecule has 5 nitrogen and oxygen atoms in total. The van der Waals surface area contributed by atoms with Crippen molar-refractivity contribution < 1.29 is 13.2 Å². The first kappa shape index (κ1) is 13.6. The first-order valence-electron chi connectivity index (χ1n) is 6.68. The van der Waals surface area contributed by atoms with E-state index in [9.17, 15) is 13.2 Å². The molecular weight excluding hydrogens is 276 g/mol. The number of amides is 1. The van der Waals surface area contributed by atoms with E-state index in [1.165, 1.54) is 13.2 Å². The largest absolute Gasteiger partial charge is 0.340 e. The Morgan fingerprint density at radius 1 is 1.15 bits per heavy atom. The molecule has 20 heavy (non-hydrogen) atoms. The van der Waals surface area contributed by atoms with E-state index in [1.807, 2.05) is 30.3 Å². The Labute approximate surface area is 119 Å². The summed E-state index contributed by atoms with van der Waals surface area (Å²) < 4.78 is 25.4. The Morgan fingerprint density at radius 2 is 1.70 bits per heavy atom. The molecule has 4 rings (SSSR count). The lowest BCUT2D eigenvalue weighted by atomic mass is 9.74. The Balaban J connectivity index is 1.92. The molecule has 1 aromatic carbocycles. The zero-order valence-corrected chi connectivity index (χ0v) is 12.4. The van der Waals surface area contributed by atoms with Crippen LogP contribution in [-0.2, 0) is 14.8 Å². The maximum Gasteiger partial charge on any atom is 0.219 e. The standard InChI is InChI=1S/C14H18N2O3S/c1-10(17)15-8-12-14(11-6-4-3-5-7-11)13(9-15)16(12)20(2,18)19/h3-7,12-14H,8-9H2,1-2H3/t12-,13+,14?. The smallest absolute Gasteiger partial charge is 0.219 e. The van der Waals surface area contributed by atoms with Crippen molar-refractivity contribution in [3.05, 3.63) is 35.9 Å². The summed E-state index contributed by atoms with van der Waals surface area (Å²) in [5, 5.41) is 0. The van der Waals surface area contributed by atoms with Gasteiger partial charge < -0.3 is 4.90 Å². The SMILES string of the molecule is CC(=O)N1C[C@@H]2C(c3ccccc3)[C@H](C1)N2S(C)(=O)=O. The van der Waals surface area contributed by atoms with Gasteiger partial charge in [0.2, 0.25) is 15.9 Å². The number of rotatable bonds is 2. The maximum atomic E-state index is 11.9. The molecule has 0 spiro atoms. The van der Waals surface area contributed by atoms with E-state index >= 15 is 0 Å². The van der Waals surface area contributed by atoms with Gasteiger partial charge in [-0.1, -0.05) is 30.3 Å². The Bertz CT molecular complexity index is 615. The molecule has 108 valence electrons. The van der Waals surface area contributed by atoms with Gasteiger partial charge in [0.15, 0.2) is 0 Å². The molecule has 3 fully saturated rings. The number of piperidine rings is 1. The monoisotopic (exact) mass is 294 g/mol. The van der Waals surface area contributed by atoms with Crippen LogP contribution in [0.15, 0.2) is 30.3 Å². The molecule has 1 amide bonds. The van der Waals surface area contributed by atoms with Crippen molar-refractivity contribution in [3.8, 4) is 0 Å². The van der Waals surface area contributed by atoms with E-state index in [4.69, 9.17) is 0 Å². The molecule has 1 aromatic rings. The number of fused-ring (bicyclic) bond motifs is 2. The number of hydrogen-bond donors (Lipinski definition) is 0. The van der Waals surface area contributed by atoms with Crippen LogP contribution in [0.25, 0.3) is 0 Å². The van der Waals surface area contributed by atoms with Crippen LogP contribution in [0.5, 0.6) is 0 Å². The zero-order chi connectivity index (χ0) is 14.5. The van der Waals surface area contributed by atoms with Gasteiger partial charge in [0.05, 0.1) is 18.3 Å². The molecule has 1 unspecified atom stereocenters. The molecule has 0 aromatic heterocycles. The molecule has 0 N–H and O–H groups in total. The van der Waals surface area contributed by atoms with E-state index in [-0.39, 0.29) is 23.9 Å². The van der Waals surface area contributed by atoms with Gasteiger partial charge in [0.25, 0.3) is 0 Å². The first-order valence-corrected chi connectivity index (χ1v) is 8.53. The van der Waals surface area contributed by atoms with Crippen LogP contribution in [0.3, 0.4) is 0 Å². The number of piperazine rings is 1. The van der Waals surface area contributed by atoms with Gasteiger partial charge in [-0.05, 0) is 5.56 Å². The highest BCUT2D eigenvalue weighted by Gasteiger charge is 2.57. The third-order valence-electron chi connectivity index (χ3n) is 4.31. The quantitative estimate of drug-likeness (QED) is 0.804. The minimum absolute atomic E-state index is 0.0136. The summed E-state index contributed by atoms with van der Waals surface area (Å²) >= 11 is 0. The van der Waals surface area contributed by atoms with Crippen LogP contribution in [0.2, 0.25) is 0 Å². The van der Waals surface area contributed by atoms with Crippen LogP contribution in [-0.4, -0.2) is 55.0 Å². The summed E-state index contributed by atoms with van der Waals surface area (Å²) in [5.41, 5.74) is 1.16. The van der Waals surface area contributed by atoms with Crippen LogP contribution in [0.4, 0.5) is 0 Å². The highest BCUT2D eigenvalue weighted by atomic mass is 32.2. The van der Waals surface area contributed by atoms with Gasteiger partial charge in [0, 0.05) is 25.9 Å². The van der Waals surface area contributed by atoms with Crippen molar-refractivity contribution >= 4 is 15.9 Å². The van der Waals surface area contributed by atoms with Crippen LogP contribution < -0.4 is 0 Å². The number of sulfonamides is 1. The van der Waals surface area contributed by atoms with Crippen LogP contribution in [0.1, 0.15) is 18.4 Å². The summed E-state index contributed by atoms with van der Waals surface area (Å²) in [5.74, 6) is 0.209. The van der Waals surface area contributed by atoms with E-state index < -0.39 is 10.0 Å². The predicted molar refractivity (Wildman–Crippen MR) is 75.7 cm³/mol. The molecule has 3 heterocycles. The molecular formula is C14H18N2O3S. The fraction of sp³-hybridized carbons (Fsp3) is 0.500. The van der Waals surface area contributed by atoms with Gasteiger partial charge in [-0.25, -0.2) is 8.42 Å². The minimum Gasteiger partial charge on any atom is -0.340 e. The summed E-state index contributed by atoms with van der Waals surface area (Å²) in [6, 6.07) is 9.70. The van der Waals surface area contributed by atoms with E-state index in [1.54, 1.807) is 9.21 Å².